The number of likely N-dealkylation sites (tertiary alicyclic amines) is 1. The third-order valence-corrected chi connectivity index (χ3v) is 5.03. The molecular formula is C16H20N4O2S. The maximum atomic E-state index is 11.4. The van der Waals surface area contributed by atoms with Crippen molar-refractivity contribution in [3.05, 3.63) is 40.3 Å². The molecule has 1 saturated heterocycles. The van der Waals surface area contributed by atoms with Crippen LogP contribution in [0.2, 0.25) is 0 Å². The first kappa shape index (κ1) is 16.0. The van der Waals surface area contributed by atoms with E-state index in [0.29, 0.717) is 12.5 Å². The molecule has 0 aromatic carbocycles. The van der Waals surface area contributed by atoms with E-state index in [1.807, 2.05) is 11.4 Å². The number of aromatic nitrogens is 2. The number of piperidine rings is 1. The predicted octanol–water partition coefficient (Wildman–Crippen LogP) is 1.79. The second-order valence-corrected chi connectivity index (χ2v) is 6.70. The first-order chi connectivity index (χ1) is 11.1. The fourth-order valence-corrected chi connectivity index (χ4v) is 3.56. The van der Waals surface area contributed by atoms with Gasteiger partial charge in [-0.1, -0.05) is 0 Å². The summed E-state index contributed by atoms with van der Waals surface area (Å²) in [5, 5.41) is 15.6. The van der Waals surface area contributed by atoms with Gasteiger partial charge in [0.15, 0.2) is 5.78 Å². The number of aliphatic hydroxyl groups excluding tert-OH is 1. The fraction of sp³-hybridized carbons (Fsp3) is 0.438. The van der Waals surface area contributed by atoms with Gasteiger partial charge in [0.1, 0.15) is 0 Å². The van der Waals surface area contributed by atoms with E-state index < -0.39 is 6.10 Å². The van der Waals surface area contributed by atoms with Crippen LogP contribution < -0.4 is 5.32 Å². The molecule has 0 unspecified atom stereocenters. The van der Waals surface area contributed by atoms with E-state index in [1.165, 1.54) is 11.3 Å². The van der Waals surface area contributed by atoms with E-state index in [0.717, 1.165) is 30.0 Å². The molecule has 0 amide bonds. The molecule has 1 fully saturated rings. The van der Waals surface area contributed by atoms with Crippen LogP contribution in [0.1, 0.15) is 28.6 Å². The number of carbonyl (C=O) groups excluding carboxylic acids is 1. The van der Waals surface area contributed by atoms with Crippen molar-refractivity contribution in [2.24, 2.45) is 0 Å². The Morgan fingerprint density at radius 1 is 1.48 bits per heavy atom. The van der Waals surface area contributed by atoms with Gasteiger partial charge in [-0.05, 0) is 36.4 Å². The lowest BCUT2D eigenvalue weighted by molar-refractivity contribution is 0.0560. The van der Waals surface area contributed by atoms with Crippen LogP contribution in [0.4, 0.5) is 5.95 Å². The van der Waals surface area contributed by atoms with E-state index in [2.05, 4.69) is 20.2 Å². The molecular weight excluding hydrogens is 312 g/mol. The number of anilines is 1. The van der Waals surface area contributed by atoms with Crippen LogP contribution in [0, 0.1) is 0 Å². The zero-order valence-corrected chi connectivity index (χ0v) is 13.8. The normalized spacial score (nSPS) is 22.0. The third-order valence-electron chi connectivity index (χ3n) is 3.95. The van der Waals surface area contributed by atoms with Gasteiger partial charge in [0.2, 0.25) is 5.95 Å². The van der Waals surface area contributed by atoms with Crippen molar-refractivity contribution in [1.82, 2.24) is 14.9 Å². The van der Waals surface area contributed by atoms with Gasteiger partial charge < -0.3 is 10.4 Å². The molecule has 0 aliphatic carbocycles. The monoisotopic (exact) mass is 332 g/mol. The number of aliphatic hydroxyl groups is 1. The van der Waals surface area contributed by atoms with Crippen molar-refractivity contribution in [3.8, 4) is 0 Å². The average Bonchev–Trinajstić information content (AvgIpc) is 3.00. The molecule has 0 radical (unpaired) electrons. The number of β-amino-alcohol motifs (C(OH)–C–C–N with tert-alkyl or cyclic N) is 1. The molecule has 23 heavy (non-hydrogen) atoms. The Balaban J connectivity index is 1.54. The van der Waals surface area contributed by atoms with Crippen LogP contribution in [0.3, 0.4) is 0 Å². The van der Waals surface area contributed by atoms with E-state index >= 15 is 0 Å². The van der Waals surface area contributed by atoms with Crippen LogP contribution in [0.5, 0.6) is 0 Å². The molecule has 3 rings (SSSR count). The lowest BCUT2D eigenvalue weighted by Gasteiger charge is -2.36. The molecule has 2 aromatic heterocycles. The van der Waals surface area contributed by atoms with E-state index in [4.69, 9.17) is 0 Å². The first-order valence-corrected chi connectivity index (χ1v) is 8.52. The highest BCUT2D eigenvalue weighted by Gasteiger charge is 2.28. The summed E-state index contributed by atoms with van der Waals surface area (Å²) in [4.78, 5) is 22.6. The van der Waals surface area contributed by atoms with Crippen LogP contribution in [0.15, 0.2) is 29.9 Å². The van der Waals surface area contributed by atoms with Crippen LogP contribution in [-0.2, 0) is 6.54 Å². The first-order valence-electron chi connectivity index (χ1n) is 7.64. The smallest absolute Gasteiger partial charge is 0.222 e. The highest BCUT2D eigenvalue weighted by molar-refractivity contribution is 7.12. The minimum atomic E-state index is -0.474. The molecule has 2 aromatic rings. The highest BCUT2D eigenvalue weighted by atomic mass is 32.1. The predicted molar refractivity (Wildman–Crippen MR) is 89.7 cm³/mol. The van der Waals surface area contributed by atoms with Gasteiger partial charge in [-0.2, -0.15) is 0 Å². The minimum Gasteiger partial charge on any atom is -0.390 e. The lowest BCUT2D eigenvalue weighted by atomic mass is 10.0. The number of ketones is 1. The second kappa shape index (κ2) is 7.16. The molecule has 2 atom stereocenters. The topological polar surface area (TPSA) is 78.4 Å². The van der Waals surface area contributed by atoms with Gasteiger partial charge >= 0.3 is 0 Å². The van der Waals surface area contributed by atoms with Crippen LogP contribution in [-0.4, -0.2) is 51.0 Å². The van der Waals surface area contributed by atoms with Gasteiger partial charge in [0.25, 0.3) is 0 Å². The Morgan fingerprint density at radius 3 is 2.91 bits per heavy atom. The number of thiophene rings is 1. The lowest BCUT2D eigenvalue weighted by Crippen LogP contribution is -2.49. The van der Waals surface area contributed by atoms with Gasteiger partial charge in [-0.3, -0.25) is 9.69 Å². The Hall–Kier alpha value is -1.83. The number of rotatable bonds is 5. The van der Waals surface area contributed by atoms with Gasteiger partial charge in [0, 0.05) is 32.0 Å². The summed E-state index contributed by atoms with van der Waals surface area (Å²) in [6, 6.07) is 3.67. The number of nitrogens with one attached hydrogen (secondary N) is 1. The number of nitrogens with zero attached hydrogens (tertiary/aromatic N) is 3. The largest absolute Gasteiger partial charge is 0.390 e. The molecule has 6 nitrogen and oxygen atoms in total. The van der Waals surface area contributed by atoms with Crippen molar-refractivity contribution in [2.75, 3.05) is 18.4 Å². The SMILES string of the molecule is CC(=O)c1cc(CN2CC[C@@H](Nc3ncccn3)[C@H](O)C2)cs1. The molecule has 0 bridgehead atoms. The number of hydrogen-bond donors (Lipinski definition) is 2. The zero-order chi connectivity index (χ0) is 16.2. The molecule has 7 heteroatoms. The van der Waals surface area contributed by atoms with Crippen LogP contribution in [0.25, 0.3) is 0 Å². The molecule has 1 aliphatic rings. The fourth-order valence-electron chi connectivity index (χ4n) is 2.75. The zero-order valence-electron chi connectivity index (χ0n) is 13.0. The quantitative estimate of drug-likeness (QED) is 0.813. The van der Waals surface area contributed by atoms with Crippen molar-refractivity contribution < 1.29 is 9.90 Å². The Kier molecular flexibility index (Phi) is 5.00. The molecule has 122 valence electrons. The summed E-state index contributed by atoms with van der Waals surface area (Å²) < 4.78 is 0. The summed E-state index contributed by atoms with van der Waals surface area (Å²) >= 11 is 1.48. The summed E-state index contributed by atoms with van der Waals surface area (Å²) in [7, 11) is 0. The number of Topliss-reactive ketones (excluding diaryl/α,β-unsaturated/α-hetero) is 1. The van der Waals surface area contributed by atoms with Crippen molar-refractivity contribution in [2.45, 2.75) is 32.0 Å². The van der Waals surface area contributed by atoms with Crippen molar-refractivity contribution in [1.29, 1.82) is 0 Å². The average molecular weight is 332 g/mol. The van der Waals surface area contributed by atoms with E-state index in [9.17, 15) is 9.90 Å². The molecule has 1 aliphatic heterocycles. The summed E-state index contributed by atoms with van der Waals surface area (Å²) in [6.07, 6.45) is 3.71. The standard InChI is InChI=1S/C16H20N4O2S/c1-11(21)15-7-12(10-23-15)8-20-6-3-13(14(22)9-20)19-16-17-4-2-5-18-16/h2,4-5,7,10,13-14,22H,3,6,8-9H2,1H3,(H,17,18,19)/t13-,14-/m1/s1. The van der Waals surface area contributed by atoms with Gasteiger partial charge in [-0.25, -0.2) is 9.97 Å². The Morgan fingerprint density at radius 2 is 2.26 bits per heavy atom. The maximum Gasteiger partial charge on any atom is 0.222 e. The summed E-state index contributed by atoms with van der Waals surface area (Å²) in [6.45, 7) is 3.82. The van der Waals surface area contributed by atoms with Gasteiger partial charge in [0.05, 0.1) is 17.0 Å². The second-order valence-electron chi connectivity index (χ2n) is 5.79. The number of carbonyl (C=O) groups is 1. The Bertz CT molecular complexity index is 661. The van der Waals surface area contributed by atoms with Gasteiger partial charge in [-0.15, -0.1) is 11.3 Å². The maximum absolute atomic E-state index is 11.4. The van der Waals surface area contributed by atoms with Crippen molar-refractivity contribution in [3.63, 3.8) is 0 Å². The molecule has 3 heterocycles. The summed E-state index contributed by atoms with van der Waals surface area (Å²) in [5.41, 5.74) is 1.13. The van der Waals surface area contributed by atoms with Crippen molar-refractivity contribution >= 4 is 23.1 Å². The molecule has 0 saturated carbocycles. The molecule has 2 N–H and O–H groups in total. The van der Waals surface area contributed by atoms with E-state index in [1.54, 1.807) is 25.4 Å². The molecule has 0 spiro atoms. The number of hydrogen-bond acceptors (Lipinski definition) is 7. The summed E-state index contributed by atoms with van der Waals surface area (Å²) in [5.74, 6) is 0.654. The Labute approximate surface area is 139 Å². The third kappa shape index (κ3) is 4.13. The van der Waals surface area contributed by atoms with Crippen LogP contribution >= 0.6 is 11.3 Å². The van der Waals surface area contributed by atoms with E-state index in [-0.39, 0.29) is 11.8 Å². The minimum absolute atomic E-state index is 0.0381. The highest BCUT2D eigenvalue weighted by Crippen LogP contribution is 2.20.